The van der Waals surface area contributed by atoms with Crippen molar-refractivity contribution in [3.63, 3.8) is 0 Å². The molecule has 20 heteroatoms. The molecule has 0 radical (unpaired) electrons. The van der Waals surface area contributed by atoms with Crippen molar-refractivity contribution in [1.82, 2.24) is 30.2 Å². The van der Waals surface area contributed by atoms with Gasteiger partial charge in [0, 0.05) is 72.1 Å². The fraction of sp³-hybridized carbons (Fsp3) is 0.808. The first-order chi connectivity index (χ1) is 21.7. The fourth-order valence-electron chi connectivity index (χ4n) is 4.51. The molecular formula is C26H50N6O13S. The highest BCUT2D eigenvalue weighted by atomic mass is 32.3. The third-order valence-corrected chi connectivity index (χ3v) is 7.54. The van der Waals surface area contributed by atoms with E-state index in [4.69, 9.17) is 9.47 Å². The van der Waals surface area contributed by atoms with Gasteiger partial charge in [-0.3, -0.25) is 43.6 Å². The Morgan fingerprint density at radius 2 is 1.09 bits per heavy atom. The number of carboxylic acids is 3. The normalized spacial score (nSPS) is 17.7. The number of carbonyl (C=O) groups is 5. The van der Waals surface area contributed by atoms with E-state index in [2.05, 4.69) is 10.6 Å². The average molecular weight is 687 g/mol. The SMILES string of the molecule is CCOCCOCCCNC(=O)[C@@H](CS(O)(O)O)NC(=O)CN1CCN(CC(=O)O)CCN(CC(=O)O)CCN(CC(=O)O)CC1. The number of hydrogen-bond donors (Lipinski definition) is 8. The van der Waals surface area contributed by atoms with Crippen LogP contribution >= 0.6 is 10.9 Å². The number of hydrogen-bond acceptors (Lipinski definition) is 14. The molecule has 2 amide bonds. The van der Waals surface area contributed by atoms with Gasteiger partial charge in [-0.1, -0.05) is 0 Å². The van der Waals surface area contributed by atoms with Gasteiger partial charge in [0.15, 0.2) is 0 Å². The molecule has 0 aliphatic carbocycles. The van der Waals surface area contributed by atoms with Gasteiger partial charge >= 0.3 is 17.9 Å². The Labute approximate surface area is 269 Å². The Balaban J connectivity index is 2.93. The van der Waals surface area contributed by atoms with E-state index in [1.165, 1.54) is 0 Å². The van der Waals surface area contributed by atoms with E-state index in [1.54, 1.807) is 19.6 Å². The molecule has 0 spiro atoms. The lowest BCUT2D eigenvalue weighted by Crippen LogP contribution is -2.53. The summed E-state index contributed by atoms with van der Waals surface area (Å²) >= 11 is 0. The summed E-state index contributed by atoms with van der Waals surface area (Å²) in [7, 11) is -4.17. The third-order valence-electron chi connectivity index (χ3n) is 6.76. The van der Waals surface area contributed by atoms with Crippen LogP contribution in [0.3, 0.4) is 0 Å². The fourth-order valence-corrected chi connectivity index (χ4v) is 5.19. The number of rotatable bonds is 20. The van der Waals surface area contributed by atoms with Gasteiger partial charge in [-0.2, -0.15) is 0 Å². The Hall–Kier alpha value is -2.66. The molecule has 0 bridgehead atoms. The Morgan fingerprint density at radius 1 is 0.674 bits per heavy atom. The van der Waals surface area contributed by atoms with E-state index in [0.717, 1.165) is 0 Å². The molecule has 1 saturated heterocycles. The summed E-state index contributed by atoms with van der Waals surface area (Å²) in [5.41, 5.74) is 0. The molecule has 1 aliphatic heterocycles. The van der Waals surface area contributed by atoms with Crippen LogP contribution in [0.4, 0.5) is 0 Å². The van der Waals surface area contributed by atoms with Crippen LogP contribution in [0.15, 0.2) is 0 Å². The van der Waals surface area contributed by atoms with Crippen molar-refractivity contribution in [3.05, 3.63) is 0 Å². The van der Waals surface area contributed by atoms with E-state index in [0.29, 0.717) is 32.8 Å². The highest BCUT2D eigenvalue weighted by Crippen LogP contribution is 2.33. The minimum absolute atomic E-state index is 0.152. The quantitative estimate of drug-likeness (QED) is 0.0628. The smallest absolute Gasteiger partial charge is 0.317 e. The number of aliphatic carboxylic acids is 3. The Morgan fingerprint density at radius 3 is 1.48 bits per heavy atom. The lowest BCUT2D eigenvalue weighted by molar-refractivity contribution is -0.140. The second-order valence-corrected chi connectivity index (χ2v) is 12.3. The van der Waals surface area contributed by atoms with E-state index in [-0.39, 0.29) is 85.1 Å². The molecule has 0 saturated carbocycles. The van der Waals surface area contributed by atoms with Crippen LogP contribution in [0.25, 0.3) is 0 Å². The first-order valence-corrected chi connectivity index (χ1v) is 16.6. The summed E-state index contributed by atoms with van der Waals surface area (Å²) in [6, 6.07) is -1.49. The summed E-state index contributed by atoms with van der Waals surface area (Å²) in [4.78, 5) is 66.6. The summed E-state index contributed by atoms with van der Waals surface area (Å²) in [5.74, 6) is -5.56. The zero-order valence-corrected chi connectivity index (χ0v) is 27.1. The largest absolute Gasteiger partial charge is 0.480 e. The molecule has 1 heterocycles. The summed E-state index contributed by atoms with van der Waals surface area (Å²) in [6.07, 6.45) is 0.426. The highest BCUT2D eigenvalue weighted by molar-refractivity contribution is 8.19. The summed E-state index contributed by atoms with van der Waals surface area (Å²) in [5, 5.41) is 33.0. The molecule has 1 fully saturated rings. The number of amides is 2. The van der Waals surface area contributed by atoms with Crippen LogP contribution in [-0.2, 0) is 33.4 Å². The molecule has 0 aromatic carbocycles. The number of nitrogens with one attached hydrogen (secondary N) is 2. The first-order valence-electron chi connectivity index (χ1n) is 14.9. The van der Waals surface area contributed by atoms with Gasteiger partial charge in [-0.25, -0.2) is 0 Å². The molecule has 0 aromatic rings. The maximum absolute atomic E-state index is 13.1. The van der Waals surface area contributed by atoms with Crippen molar-refractivity contribution in [2.24, 2.45) is 0 Å². The van der Waals surface area contributed by atoms with Gasteiger partial charge in [0.2, 0.25) is 11.8 Å². The second-order valence-electron chi connectivity index (χ2n) is 10.7. The molecular weight excluding hydrogens is 636 g/mol. The first kappa shape index (κ1) is 41.4. The van der Waals surface area contributed by atoms with Crippen LogP contribution < -0.4 is 10.6 Å². The van der Waals surface area contributed by atoms with Gasteiger partial charge in [0.1, 0.15) is 6.04 Å². The maximum atomic E-state index is 13.1. The minimum atomic E-state index is -4.17. The number of carboxylic acid groups (broad SMARTS) is 3. The minimum Gasteiger partial charge on any atom is -0.480 e. The standard InChI is InChI=1S/C26H50N6O13S/c1-2-44-14-15-45-13-3-4-27-26(40)21(20-46(41,42)43)28-22(33)16-29-5-7-30(17-23(34)35)9-11-32(19-25(38)39)12-10-31(8-6-29)18-24(36)37/h21,41-43H,2-20H2,1H3,(H,27,40)(H,28,33)(H,34,35)(H,36,37)(H,38,39)/t21-/m1/s1. The molecule has 46 heavy (non-hydrogen) atoms. The number of carbonyl (C=O) groups excluding carboxylic acids is 2. The second kappa shape index (κ2) is 22.8. The van der Waals surface area contributed by atoms with Crippen molar-refractivity contribution in [1.29, 1.82) is 0 Å². The Bertz CT molecular complexity index is 926. The predicted molar refractivity (Wildman–Crippen MR) is 166 cm³/mol. The van der Waals surface area contributed by atoms with Crippen LogP contribution in [-0.4, -0.2) is 202 Å². The lowest BCUT2D eigenvalue weighted by Gasteiger charge is -2.33. The number of ether oxygens (including phenoxy) is 2. The van der Waals surface area contributed by atoms with Gasteiger partial charge in [-0.05, 0) is 13.3 Å². The zero-order chi connectivity index (χ0) is 34.5. The lowest BCUT2D eigenvalue weighted by atomic mass is 10.2. The maximum Gasteiger partial charge on any atom is 0.317 e. The Kier molecular flexibility index (Phi) is 20.5. The monoisotopic (exact) mass is 686 g/mol. The molecule has 8 N–H and O–H groups in total. The van der Waals surface area contributed by atoms with Crippen molar-refractivity contribution in [2.75, 3.05) is 117 Å². The number of nitrogens with zero attached hydrogens (tertiary/aromatic N) is 4. The summed E-state index contributed by atoms with van der Waals surface area (Å²) in [6.45, 7) is 3.94. The van der Waals surface area contributed by atoms with E-state index >= 15 is 0 Å². The molecule has 1 atom stereocenters. The van der Waals surface area contributed by atoms with E-state index in [9.17, 15) is 53.0 Å². The zero-order valence-electron chi connectivity index (χ0n) is 26.3. The van der Waals surface area contributed by atoms with Gasteiger partial charge in [0.25, 0.3) is 0 Å². The van der Waals surface area contributed by atoms with Crippen LogP contribution in [0.1, 0.15) is 13.3 Å². The van der Waals surface area contributed by atoms with Crippen LogP contribution in [0, 0.1) is 0 Å². The van der Waals surface area contributed by atoms with Gasteiger partial charge < -0.3 is 49.1 Å². The third kappa shape index (κ3) is 21.2. The molecule has 1 rings (SSSR count). The van der Waals surface area contributed by atoms with E-state index < -0.39 is 52.4 Å². The van der Waals surface area contributed by atoms with Crippen molar-refractivity contribution in [2.45, 2.75) is 19.4 Å². The van der Waals surface area contributed by atoms with Crippen molar-refractivity contribution >= 4 is 40.6 Å². The highest BCUT2D eigenvalue weighted by Gasteiger charge is 2.29. The molecule has 19 nitrogen and oxygen atoms in total. The van der Waals surface area contributed by atoms with Gasteiger partial charge in [-0.15, -0.1) is 0 Å². The average Bonchev–Trinajstić information content (AvgIpc) is 2.93. The van der Waals surface area contributed by atoms with Gasteiger partial charge in [0.05, 0.1) is 56.0 Å². The molecule has 268 valence electrons. The molecule has 0 unspecified atom stereocenters. The van der Waals surface area contributed by atoms with E-state index in [1.807, 2.05) is 6.92 Å². The van der Waals surface area contributed by atoms with Crippen molar-refractivity contribution < 1.29 is 62.4 Å². The topological polar surface area (TPSA) is 262 Å². The molecule has 0 aromatic heterocycles. The van der Waals surface area contributed by atoms with Crippen LogP contribution in [0.5, 0.6) is 0 Å². The predicted octanol–water partition coefficient (Wildman–Crippen LogP) is -2.27. The van der Waals surface area contributed by atoms with Crippen LogP contribution in [0.2, 0.25) is 0 Å². The summed E-state index contributed by atoms with van der Waals surface area (Å²) < 4.78 is 39.4. The van der Waals surface area contributed by atoms with Crippen molar-refractivity contribution in [3.8, 4) is 0 Å². The molecule has 1 aliphatic rings.